The van der Waals surface area contributed by atoms with Crippen LogP contribution in [0.4, 0.5) is 18.9 Å². The van der Waals surface area contributed by atoms with Gasteiger partial charge in [0.15, 0.2) is 0 Å². The first-order valence-corrected chi connectivity index (χ1v) is 8.13. The van der Waals surface area contributed by atoms with Crippen LogP contribution in [0.1, 0.15) is 15.9 Å². The molecule has 1 N–H and O–H groups in total. The fourth-order valence-corrected chi connectivity index (χ4v) is 2.65. The Morgan fingerprint density at radius 2 is 1.81 bits per heavy atom. The van der Waals surface area contributed by atoms with Crippen LogP contribution in [0.5, 0.6) is 0 Å². The number of pyridine rings is 1. The van der Waals surface area contributed by atoms with Crippen molar-refractivity contribution in [2.45, 2.75) is 6.54 Å². The summed E-state index contributed by atoms with van der Waals surface area (Å²) in [5, 5.41) is 2.37. The Morgan fingerprint density at radius 3 is 2.56 bits per heavy atom. The molecular weight excluding hydrogens is 381 g/mol. The topological polar surface area (TPSA) is 51.1 Å². The monoisotopic (exact) mass is 392 g/mol. The number of carbonyl (C=O) groups excluding carboxylic acids is 1. The van der Waals surface area contributed by atoms with E-state index in [4.69, 9.17) is 11.6 Å². The molecule has 3 rings (SSSR count). The van der Waals surface area contributed by atoms with Gasteiger partial charge in [-0.15, -0.1) is 0 Å². The van der Waals surface area contributed by atoms with Gasteiger partial charge in [-0.05, 0) is 30.3 Å². The number of amides is 1. The smallest absolute Gasteiger partial charge is 0.257 e. The van der Waals surface area contributed by atoms with Gasteiger partial charge in [-0.2, -0.15) is 0 Å². The molecule has 0 spiro atoms. The van der Waals surface area contributed by atoms with Crippen molar-refractivity contribution in [1.82, 2.24) is 4.57 Å². The first kappa shape index (κ1) is 18.7. The van der Waals surface area contributed by atoms with E-state index in [0.717, 1.165) is 28.8 Å². The Hall–Kier alpha value is -3.06. The van der Waals surface area contributed by atoms with Gasteiger partial charge >= 0.3 is 0 Å². The molecule has 0 saturated carbocycles. The second kappa shape index (κ2) is 7.67. The third-order valence-electron chi connectivity index (χ3n) is 3.81. The number of rotatable bonds is 4. The summed E-state index contributed by atoms with van der Waals surface area (Å²) in [6, 6.07) is 9.10. The third kappa shape index (κ3) is 4.20. The number of aromatic nitrogens is 1. The van der Waals surface area contributed by atoms with E-state index in [1.165, 1.54) is 30.5 Å². The van der Waals surface area contributed by atoms with Crippen LogP contribution in [-0.2, 0) is 6.54 Å². The number of halogens is 4. The number of nitrogens with zero attached hydrogens (tertiary/aromatic N) is 1. The summed E-state index contributed by atoms with van der Waals surface area (Å²) < 4.78 is 41.9. The number of nitrogens with one attached hydrogen (secondary N) is 1. The number of benzene rings is 2. The molecule has 0 bridgehead atoms. The van der Waals surface area contributed by atoms with Gasteiger partial charge in [0.05, 0.1) is 17.8 Å². The van der Waals surface area contributed by atoms with Gasteiger partial charge in [-0.1, -0.05) is 17.7 Å². The van der Waals surface area contributed by atoms with E-state index < -0.39 is 28.9 Å². The van der Waals surface area contributed by atoms with Crippen molar-refractivity contribution >= 4 is 23.2 Å². The van der Waals surface area contributed by atoms with Crippen molar-refractivity contribution in [3.05, 3.63) is 98.7 Å². The van der Waals surface area contributed by atoms with Crippen molar-refractivity contribution in [1.29, 1.82) is 0 Å². The van der Waals surface area contributed by atoms with E-state index in [9.17, 15) is 22.8 Å². The number of hydrogen-bond donors (Lipinski definition) is 1. The standard InChI is InChI=1S/C19H12ClF3N2O2/c20-14-2-1-3-15(22)13(14)10-25-9-11(4-7-18(25)26)19(27)24-17-8-12(21)5-6-16(17)23/h1-9H,10H2,(H,24,27). The minimum Gasteiger partial charge on any atom is -0.319 e. The summed E-state index contributed by atoms with van der Waals surface area (Å²) >= 11 is 5.96. The van der Waals surface area contributed by atoms with Gasteiger partial charge in [0.25, 0.3) is 11.5 Å². The Labute approximate surface area is 156 Å². The first-order chi connectivity index (χ1) is 12.8. The maximum Gasteiger partial charge on any atom is 0.257 e. The first-order valence-electron chi connectivity index (χ1n) is 7.75. The van der Waals surface area contributed by atoms with Crippen LogP contribution in [-0.4, -0.2) is 10.5 Å². The average Bonchev–Trinajstić information content (AvgIpc) is 2.62. The summed E-state index contributed by atoms with van der Waals surface area (Å²) in [6.07, 6.45) is 1.19. The highest BCUT2D eigenvalue weighted by atomic mass is 35.5. The lowest BCUT2D eigenvalue weighted by Crippen LogP contribution is -2.23. The lowest BCUT2D eigenvalue weighted by molar-refractivity contribution is 0.102. The molecule has 2 aromatic carbocycles. The SMILES string of the molecule is O=C(Nc1cc(F)ccc1F)c1ccc(=O)n(Cc2c(F)cccc2Cl)c1. The summed E-state index contributed by atoms with van der Waals surface area (Å²) in [6.45, 7) is -0.195. The quantitative estimate of drug-likeness (QED) is 0.722. The molecule has 0 saturated heterocycles. The van der Waals surface area contributed by atoms with E-state index in [0.29, 0.717) is 0 Å². The van der Waals surface area contributed by atoms with Crippen LogP contribution in [0.15, 0.2) is 59.5 Å². The minimum atomic E-state index is -0.809. The average molecular weight is 393 g/mol. The molecule has 0 fully saturated rings. The predicted octanol–water partition coefficient (Wildman–Crippen LogP) is 4.22. The molecule has 3 aromatic rings. The summed E-state index contributed by atoms with van der Waals surface area (Å²) in [7, 11) is 0. The number of hydrogen-bond acceptors (Lipinski definition) is 2. The van der Waals surface area contributed by atoms with Crippen LogP contribution in [0, 0.1) is 17.5 Å². The van der Waals surface area contributed by atoms with Gasteiger partial charge in [-0.25, -0.2) is 13.2 Å². The molecule has 1 heterocycles. The highest BCUT2D eigenvalue weighted by Crippen LogP contribution is 2.20. The molecule has 138 valence electrons. The highest BCUT2D eigenvalue weighted by molar-refractivity contribution is 6.31. The number of carbonyl (C=O) groups is 1. The van der Waals surface area contributed by atoms with E-state index in [1.807, 2.05) is 0 Å². The molecular formula is C19H12ClF3N2O2. The summed E-state index contributed by atoms with van der Waals surface area (Å²) in [5.41, 5.74) is -0.724. The van der Waals surface area contributed by atoms with Crippen molar-refractivity contribution in [3.63, 3.8) is 0 Å². The Bertz CT molecular complexity index is 1060. The fourth-order valence-electron chi connectivity index (χ4n) is 2.43. The van der Waals surface area contributed by atoms with Crippen molar-refractivity contribution < 1.29 is 18.0 Å². The molecule has 0 radical (unpaired) electrons. The Kier molecular flexibility index (Phi) is 5.32. The molecule has 0 aliphatic rings. The van der Waals surface area contributed by atoms with Crippen LogP contribution in [0.2, 0.25) is 5.02 Å². The summed E-state index contributed by atoms with van der Waals surface area (Å²) in [4.78, 5) is 24.3. The number of anilines is 1. The lowest BCUT2D eigenvalue weighted by atomic mass is 10.2. The summed E-state index contributed by atoms with van der Waals surface area (Å²) in [5.74, 6) is -2.87. The fraction of sp³-hybridized carbons (Fsp3) is 0.0526. The normalized spacial score (nSPS) is 10.7. The molecule has 0 aliphatic carbocycles. The van der Waals surface area contributed by atoms with E-state index >= 15 is 0 Å². The Balaban J connectivity index is 1.90. The largest absolute Gasteiger partial charge is 0.319 e. The molecule has 0 unspecified atom stereocenters. The molecule has 0 aliphatic heterocycles. The van der Waals surface area contributed by atoms with Crippen LogP contribution in [0.3, 0.4) is 0 Å². The minimum absolute atomic E-state index is 0.00530. The molecule has 4 nitrogen and oxygen atoms in total. The van der Waals surface area contributed by atoms with Gasteiger partial charge in [0, 0.05) is 28.9 Å². The second-order valence-corrected chi connectivity index (χ2v) is 6.07. The van der Waals surface area contributed by atoms with Crippen molar-refractivity contribution in [3.8, 4) is 0 Å². The molecule has 27 heavy (non-hydrogen) atoms. The van der Waals surface area contributed by atoms with Gasteiger partial charge < -0.3 is 9.88 Å². The Morgan fingerprint density at radius 1 is 1.04 bits per heavy atom. The maximum absolute atomic E-state index is 13.9. The van der Waals surface area contributed by atoms with E-state index in [2.05, 4.69) is 5.32 Å². The third-order valence-corrected chi connectivity index (χ3v) is 4.17. The molecule has 0 atom stereocenters. The van der Waals surface area contributed by atoms with Crippen LogP contribution < -0.4 is 10.9 Å². The van der Waals surface area contributed by atoms with Gasteiger partial charge in [0.1, 0.15) is 17.5 Å². The second-order valence-electron chi connectivity index (χ2n) is 5.66. The van der Waals surface area contributed by atoms with Gasteiger partial charge in [-0.3, -0.25) is 9.59 Å². The zero-order chi connectivity index (χ0) is 19.6. The molecule has 8 heteroatoms. The van der Waals surface area contributed by atoms with Crippen molar-refractivity contribution in [2.75, 3.05) is 5.32 Å². The predicted molar refractivity (Wildman–Crippen MR) is 95.5 cm³/mol. The zero-order valence-electron chi connectivity index (χ0n) is 13.7. The van der Waals surface area contributed by atoms with E-state index in [-0.39, 0.29) is 28.4 Å². The van der Waals surface area contributed by atoms with Crippen LogP contribution in [0.25, 0.3) is 0 Å². The van der Waals surface area contributed by atoms with Crippen LogP contribution >= 0.6 is 11.6 Å². The molecule has 1 aromatic heterocycles. The highest BCUT2D eigenvalue weighted by Gasteiger charge is 2.13. The van der Waals surface area contributed by atoms with Gasteiger partial charge in [0.2, 0.25) is 0 Å². The van der Waals surface area contributed by atoms with Crippen molar-refractivity contribution in [2.24, 2.45) is 0 Å². The van der Waals surface area contributed by atoms with E-state index in [1.54, 1.807) is 0 Å². The lowest BCUT2D eigenvalue weighted by Gasteiger charge is -2.11. The zero-order valence-corrected chi connectivity index (χ0v) is 14.4. The molecule has 1 amide bonds. The maximum atomic E-state index is 13.9.